The van der Waals surface area contributed by atoms with E-state index in [-0.39, 0.29) is 40.8 Å². The highest BCUT2D eigenvalue weighted by atomic mass is 31.2. The maximum atomic E-state index is 12.4. The molecule has 0 radical (unpaired) electrons. The molecule has 16 heteroatoms. The van der Waals surface area contributed by atoms with Gasteiger partial charge in [-0.1, -0.05) is 169 Å². The predicted octanol–water partition coefficient (Wildman–Crippen LogP) is 10.5. The molecular weight excluding hydrogens is 1000 g/mol. The number of hydrogen-bond acceptors (Lipinski definition) is 11. The zero-order valence-electron chi connectivity index (χ0n) is 47.4. The Hall–Kier alpha value is -5.40. The first-order chi connectivity index (χ1) is 35.0. The van der Waals surface area contributed by atoms with Crippen LogP contribution in [0.2, 0.25) is 10.1 Å². The molecule has 2 unspecified atom stereocenters. The first kappa shape index (κ1) is 65.7. The van der Waals surface area contributed by atoms with E-state index in [1.807, 2.05) is 97.0 Å². The molecule has 75 heavy (non-hydrogen) atoms. The van der Waals surface area contributed by atoms with Crippen molar-refractivity contribution in [1.29, 1.82) is 0 Å². The van der Waals surface area contributed by atoms with Crippen LogP contribution < -0.4 is 20.7 Å². The Labute approximate surface area is 450 Å². The van der Waals surface area contributed by atoms with Gasteiger partial charge in [0.1, 0.15) is 17.5 Å². The van der Waals surface area contributed by atoms with E-state index in [1.165, 1.54) is 20.7 Å². The minimum atomic E-state index is -3.70. The number of carbonyl (C=O) groups excluding carboxylic acids is 4. The molecule has 0 saturated heterocycles. The van der Waals surface area contributed by atoms with Crippen molar-refractivity contribution >= 4 is 74.4 Å². The summed E-state index contributed by atoms with van der Waals surface area (Å²) in [6.45, 7) is 28.4. The summed E-state index contributed by atoms with van der Waals surface area (Å²) >= 11 is 0. The molecule has 0 aliphatic carbocycles. The van der Waals surface area contributed by atoms with Crippen LogP contribution in [0.1, 0.15) is 123 Å². The number of ketones is 1. The minimum Gasteiger partial charge on any atom is -0.460 e. The van der Waals surface area contributed by atoms with Gasteiger partial charge in [-0.2, -0.15) is 4.79 Å². The van der Waals surface area contributed by atoms with Crippen molar-refractivity contribution < 1.29 is 55.9 Å². The molecule has 0 aliphatic heterocycles. The maximum Gasteiger partial charge on any atom is 0.446 e. The lowest BCUT2D eigenvalue weighted by Gasteiger charge is -2.43. The van der Waals surface area contributed by atoms with E-state index in [0.717, 1.165) is 27.4 Å². The maximum absolute atomic E-state index is 12.4. The molecule has 0 amide bonds. The number of benzene rings is 4. The molecule has 4 aromatic rings. The lowest BCUT2D eigenvalue weighted by molar-refractivity contribution is -0.157. The highest BCUT2D eigenvalue weighted by molar-refractivity contribution is 7.74. The number of Topliss-reactive ketones (excluding diaryl/α,β-unsaturated/α-hetero) is 1. The van der Waals surface area contributed by atoms with Gasteiger partial charge in [0.15, 0.2) is 0 Å². The van der Waals surface area contributed by atoms with Gasteiger partial charge in [-0.3, -0.25) is 14.4 Å². The summed E-state index contributed by atoms with van der Waals surface area (Å²) in [5, 5.41) is 4.70. The summed E-state index contributed by atoms with van der Waals surface area (Å²) < 4.78 is 44.9. The van der Waals surface area contributed by atoms with Gasteiger partial charge in [0.05, 0.1) is 12.8 Å². The van der Waals surface area contributed by atoms with Crippen molar-refractivity contribution in [2.45, 2.75) is 144 Å². The highest BCUT2D eigenvalue weighted by Crippen LogP contribution is 2.47. The van der Waals surface area contributed by atoms with Crippen LogP contribution in [0.4, 0.5) is 0 Å². The Balaban J connectivity index is 0.000000423. The third-order valence-electron chi connectivity index (χ3n) is 11.8. The second-order valence-electron chi connectivity index (χ2n) is 22.0. The predicted molar refractivity (Wildman–Crippen MR) is 305 cm³/mol. The highest BCUT2D eigenvalue weighted by Gasteiger charge is 2.51. The average molecular weight is 1080 g/mol. The fourth-order valence-corrected chi connectivity index (χ4v) is 18.8. The lowest BCUT2D eigenvalue weighted by Crippen LogP contribution is -2.66. The van der Waals surface area contributed by atoms with Crippen molar-refractivity contribution in [3.8, 4) is 11.8 Å². The van der Waals surface area contributed by atoms with Crippen LogP contribution in [0, 0.1) is 23.7 Å². The Kier molecular flexibility index (Phi) is 26.1. The third kappa shape index (κ3) is 19.9. The fraction of sp³-hybridized carbons (Fsp3) is 0.475. The number of nitrogens with zero attached hydrogens (tertiary/aromatic N) is 2. The van der Waals surface area contributed by atoms with E-state index in [4.69, 9.17) is 23.9 Å². The molecule has 0 spiro atoms. The Bertz CT molecular complexity index is 2490. The van der Waals surface area contributed by atoms with Crippen LogP contribution in [0.5, 0.6) is 0 Å². The topological polar surface area (TPSA) is 177 Å². The van der Waals surface area contributed by atoms with E-state index in [2.05, 4.69) is 140 Å². The van der Waals surface area contributed by atoms with Gasteiger partial charge >= 0.3 is 25.0 Å². The molecule has 0 aromatic heterocycles. The van der Waals surface area contributed by atoms with Crippen molar-refractivity contribution in [2.24, 2.45) is 11.8 Å². The van der Waals surface area contributed by atoms with Crippen LogP contribution in [0.15, 0.2) is 121 Å². The van der Waals surface area contributed by atoms with Crippen LogP contribution in [-0.2, 0) is 51.1 Å². The zero-order chi connectivity index (χ0) is 56.7. The normalized spacial score (nSPS) is 12.9. The second kappa shape index (κ2) is 29.8. The van der Waals surface area contributed by atoms with Crippen LogP contribution in [0.25, 0.3) is 5.53 Å². The molecule has 0 heterocycles. The summed E-state index contributed by atoms with van der Waals surface area (Å²) in [5.41, 5.74) is 6.67. The van der Waals surface area contributed by atoms with Crippen molar-refractivity contribution in [2.75, 3.05) is 27.4 Å². The van der Waals surface area contributed by atoms with Gasteiger partial charge in [0.25, 0.3) is 16.6 Å². The summed E-state index contributed by atoms with van der Waals surface area (Å²) in [7, 11) is -6.73. The number of aldehydes is 1. The Morgan fingerprint density at radius 3 is 1.19 bits per heavy atom. The second-order valence-corrected chi connectivity index (χ2v) is 32.8. The summed E-state index contributed by atoms with van der Waals surface area (Å²) in [5.74, 6) is 4.42. The van der Waals surface area contributed by atoms with Gasteiger partial charge in [0, 0.05) is 46.2 Å². The number of rotatable bonds is 21. The monoisotopic (exact) mass is 1080 g/mol. The fourth-order valence-electron chi connectivity index (χ4n) is 8.64. The van der Waals surface area contributed by atoms with Crippen LogP contribution in [-0.4, -0.2) is 89.5 Å². The van der Waals surface area contributed by atoms with Gasteiger partial charge in [-0.15, -0.1) is 5.92 Å². The summed E-state index contributed by atoms with van der Waals surface area (Å²) in [6.07, 6.45) is 2.36. The van der Waals surface area contributed by atoms with E-state index >= 15 is 0 Å². The first-order valence-electron chi connectivity index (χ1n) is 25.3. The molecule has 0 saturated carbocycles. The molecule has 0 fully saturated rings. The largest absolute Gasteiger partial charge is 0.460 e. The van der Waals surface area contributed by atoms with E-state index in [1.54, 1.807) is 0 Å². The van der Waals surface area contributed by atoms with Crippen LogP contribution >= 0.6 is 7.60 Å². The standard InChI is InChI=1S/C28H38O3Si.C26H36O4Si.C5H9N2O4P/c1-8-15-23(22-26(29)31-27(2,3)4)20-21-30-32(28(5,6)7,24-16-11-9-12-17-24)25-18-13-10-14-19-25;1-25(2,3)30-24(28)19-21(20-27)17-18-29-31(26(4,5)6,22-13-9-7-10-14-22)23-15-11-8-12-16-23;1-4(8)5(7-6)12(9,10-2)11-3/h9-14,16-19,23H,20-22H2,1-7H3;7-16,20-21H,17-19H2,1-6H3;1-3H3. The van der Waals surface area contributed by atoms with Crippen molar-refractivity contribution in [1.82, 2.24) is 0 Å². The van der Waals surface area contributed by atoms with Gasteiger partial charge < -0.3 is 37.7 Å². The van der Waals surface area contributed by atoms with Gasteiger partial charge in [0.2, 0.25) is 5.78 Å². The molecule has 0 aliphatic rings. The SMILES string of the molecule is CC#CC(CCO[Si](c1ccccc1)(c1ccccc1)C(C)(C)C)CC(=O)OC(C)(C)C.CC(C)(C)OC(=O)CC(C=O)CCO[Si](c1ccccc1)(c1ccccc1)C(C)(C)C.COP(=O)(OC)C(=[N+]=[N-])C(C)=O. The smallest absolute Gasteiger partial charge is 0.446 e. The Morgan fingerprint density at radius 1 is 0.600 bits per heavy atom. The molecule has 0 bridgehead atoms. The van der Waals surface area contributed by atoms with Gasteiger partial charge in [-0.05, 0) is 92.1 Å². The number of ether oxygens (including phenoxy) is 2. The number of esters is 2. The molecule has 4 aromatic carbocycles. The molecule has 4 rings (SSSR count). The lowest BCUT2D eigenvalue weighted by atomic mass is 10.0. The quantitative estimate of drug-likeness (QED) is 0.0113. The first-order valence-corrected chi connectivity index (χ1v) is 30.6. The molecule has 2 atom stereocenters. The number of hydrogen-bond donors (Lipinski definition) is 0. The van der Waals surface area contributed by atoms with Crippen LogP contribution in [0.3, 0.4) is 0 Å². The molecular formula is C59H83N2O11PSi2. The summed E-state index contributed by atoms with van der Waals surface area (Å²) in [4.78, 5) is 49.5. The molecule has 0 N–H and O–H groups in total. The average Bonchev–Trinajstić information content (AvgIpc) is 3.33. The van der Waals surface area contributed by atoms with Gasteiger partial charge in [-0.25, -0.2) is 4.57 Å². The van der Waals surface area contributed by atoms with Crippen molar-refractivity contribution in [3.05, 3.63) is 127 Å². The Morgan fingerprint density at radius 2 is 0.933 bits per heavy atom. The minimum absolute atomic E-state index is 0.0743. The summed E-state index contributed by atoms with van der Waals surface area (Å²) in [6, 6.07) is 42.0. The molecule has 408 valence electrons. The number of carbonyl (C=O) groups is 4. The van der Waals surface area contributed by atoms with E-state index in [0.29, 0.717) is 26.1 Å². The molecule has 13 nitrogen and oxygen atoms in total. The van der Waals surface area contributed by atoms with E-state index in [9.17, 15) is 23.7 Å². The third-order valence-corrected chi connectivity index (χ3v) is 23.8. The van der Waals surface area contributed by atoms with Crippen molar-refractivity contribution in [3.63, 3.8) is 0 Å². The van der Waals surface area contributed by atoms with E-state index < -0.39 is 52.6 Å². The zero-order valence-corrected chi connectivity index (χ0v) is 50.2.